The average molecular weight is 494 g/mol. The van der Waals surface area contributed by atoms with E-state index in [0.717, 1.165) is 35.2 Å². The van der Waals surface area contributed by atoms with E-state index in [1.54, 1.807) is 6.07 Å². The summed E-state index contributed by atoms with van der Waals surface area (Å²) in [6.07, 6.45) is 5.34. The molecule has 0 spiro atoms. The topological polar surface area (TPSA) is 55.4 Å². The molecule has 1 aliphatic rings. The Morgan fingerprint density at radius 1 is 1.30 bits per heavy atom. The molecule has 1 aromatic carbocycles. The summed E-state index contributed by atoms with van der Waals surface area (Å²) in [7, 11) is 1.34. The van der Waals surface area contributed by atoms with Crippen LogP contribution in [0, 0.1) is 15.4 Å². The zero-order chi connectivity index (χ0) is 17.0. The van der Waals surface area contributed by atoms with Gasteiger partial charge in [-0.25, -0.2) is 4.79 Å². The highest BCUT2D eigenvalue weighted by atomic mass is 127. The zero-order valence-corrected chi connectivity index (χ0v) is 17.1. The first-order valence-corrected chi connectivity index (χ1v) is 9.71. The van der Waals surface area contributed by atoms with Crippen molar-refractivity contribution in [1.82, 2.24) is 0 Å². The molecular weight excluding hydrogens is 473 g/mol. The maximum atomic E-state index is 12.5. The van der Waals surface area contributed by atoms with Gasteiger partial charge < -0.3 is 10.1 Å². The van der Waals surface area contributed by atoms with E-state index in [9.17, 15) is 9.59 Å². The summed E-state index contributed by atoms with van der Waals surface area (Å²) in [6.45, 7) is 2.21. The SMILES string of the molecule is CCC1CCC(C(=O)Nc2cc(C(=O)OC)c(Br)cc2I)CC1. The van der Waals surface area contributed by atoms with Gasteiger partial charge in [0.2, 0.25) is 5.91 Å². The first-order chi connectivity index (χ1) is 11.0. The molecule has 0 saturated heterocycles. The van der Waals surface area contributed by atoms with Gasteiger partial charge in [-0.2, -0.15) is 0 Å². The number of benzene rings is 1. The van der Waals surface area contributed by atoms with Crippen molar-refractivity contribution in [3.05, 3.63) is 25.7 Å². The van der Waals surface area contributed by atoms with Gasteiger partial charge in [0.25, 0.3) is 0 Å². The van der Waals surface area contributed by atoms with E-state index >= 15 is 0 Å². The number of carbonyl (C=O) groups excluding carboxylic acids is 2. The first kappa shape index (κ1) is 18.7. The molecule has 23 heavy (non-hydrogen) atoms. The van der Waals surface area contributed by atoms with E-state index in [0.29, 0.717) is 15.7 Å². The van der Waals surface area contributed by atoms with E-state index in [2.05, 4.69) is 50.8 Å². The highest BCUT2D eigenvalue weighted by Crippen LogP contribution is 2.33. The fraction of sp³-hybridized carbons (Fsp3) is 0.529. The molecule has 1 amide bonds. The van der Waals surface area contributed by atoms with Crippen LogP contribution in [0.15, 0.2) is 16.6 Å². The van der Waals surface area contributed by atoms with Gasteiger partial charge in [-0.15, -0.1) is 0 Å². The minimum Gasteiger partial charge on any atom is -0.465 e. The van der Waals surface area contributed by atoms with Gasteiger partial charge >= 0.3 is 5.97 Å². The number of carbonyl (C=O) groups is 2. The van der Waals surface area contributed by atoms with E-state index in [4.69, 9.17) is 4.74 Å². The molecule has 0 radical (unpaired) electrons. The van der Waals surface area contributed by atoms with Gasteiger partial charge in [0.15, 0.2) is 0 Å². The third-order valence-electron chi connectivity index (χ3n) is 4.51. The van der Waals surface area contributed by atoms with Crippen molar-refractivity contribution in [3.63, 3.8) is 0 Å². The maximum absolute atomic E-state index is 12.5. The number of hydrogen-bond donors (Lipinski definition) is 1. The number of nitrogens with one attached hydrogen (secondary N) is 1. The third kappa shape index (κ3) is 4.68. The van der Waals surface area contributed by atoms with Crippen LogP contribution in [0.1, 0.15) is 49.4 Å². The normalized spacial score (nSPS) is 20.9. The molecule has 0 atom stereocenters. The minimum atomic E-state index is -0.424. The Morgan fingerprint density at radius 3 is 2.52 bits per heavy atom. The number of anilines is 1. The Balaban J connectivity index is 2.10. The number of methoxy groups -OCH3 is 1. The largest absolute Gasteiger partial charge is 0.465 e. The van der Waals surface area contributed by atoms with Gasteiger partial charge in [-0.05, 0) is 82.3 Å². The van der Waals surface area contributed by atoms with Gasteiger partial charge in [0.1, 0.15) is 0 Å². The molecule has 1 saturated carbocycles. The highest BCUT2D eigenvalue weighted by Gasteiger charge is 2.26. The van der Waals surface area contributed by atoms with Gasteiger partial charge in [-0.3, -0.25) is 4.79 Å². The van der Waals surface area contributed by atoms with E-state index in [1.807, 2.05) is 6.07 Å². The molecule has 0 aromatic heterocycles. The van der Waals surface area contributed by atoms with Crippen molar-refractivity contribution in [2.24, 2.45) is 11.8 Å². The van der Waals surface area contributed by atoms with E-state index in [1.165, 1.54) is 13.5 Å². The molecule has 2 rings (SSSR count). The number of hydrogen-bond acceptors (Lipinski definition) is 3. The van der Waals surface area contributed by atoms with Crippen molar-refractivity contribution < 1.29 is 14.3 Å². The molecule has 0 aliphatic heterocycles. The van der Waals surface area contributed by atoms with Crippen molar-refractivity contribution in [2.45, 2.75) is 39.0 Å². The lowest BCUT2D eigenvalue weighted by molar-refractivity contribution is -0.121. The molecular formula is C17H21BrINO3. The molecule has 4 nitrogen and oxygen atoms in total. The van der Waals surface area contributed by atoms with Crippen LogP contribution in [-0.2, 0) is 9.53 Å². The van der Waals surface area contributed by atoms with E-state index in [-0.39, 0.29) is 11.8 Å². The smallest absolute Gasteiger partial charge is 0.339 e. The second-order valence-corrected chi connectivity index (χ2v) is 7.94. The Morgan fingerprint density at radius 2 is 1.96 bits per heavy atom. The Labute approximate surface area is 159 Å². The van der Waals surface area contributed by atoms with Crippen LogP contribution >= 0.6 is 38.5 Å². The molecule has 1 N–H and O–H groups in total. The van der Waals surface area contributed by atoms with Crippen LogP contribution in [0.25, 0.3) is 0 Å². The van der Waals surface area contributed by atoms with Crippen LogP contribution in [0.2, 0.25) is 0 Å². The fourth-order valence-electron chi connectivity index (χ4n) is 2.98. The van der Waals surface area contributed by atoms with Crippen LogP contribution in [0.5, 0.6) is 0 Å². The van der Waals surface area contributed by atoms with Crippen LogP contribution in [0.3, 0.4) is 0 Å². The van der Waals surface area contributed by atoms with Crippen LogP contribution < -0.4 is 5.32 Å². The second kappa shape index (κ2) is 8.46. The number of rotatable bonds is 4. The molecule has 0 unspecified atom stereocenters. The minimum absolute atomic E-state index is 0.0515. The third-order valence-corrected chi connectivity index (χ3v) is 6.06. The maximum Gasteiger partial charge on any atom is 0.339 e. The average Bonchev–Trinajstić information content (AvgIpc) is 2.56. The predicted molar refractivity (Wildman–Crippen MR) is 103 cm³/mol. The fourth-order valence-corrected chi connectivity index (χ4v) is 4.51. The van der Waals surface area contributed by atoms with Crippen LogP contribution in [-0.4, -0.2) is 19.0 Å². The lowest BCUT2D eigenvalue weighted by Crippen LogP contribution is -2.27. The highest BCUT2D eigenvalue weighted by molar-refractivity contribution is 14.1. The number of amides is 1. The van der Waals surface area contributed by atoms with Gasteiger partial charge in [0.05, 0.1) is 18.4 Å². The Hall–Kier alpha value is -0.630. The molecule has 6 heteroatoms. The quantitative estimate of drug-likeness (QED) is 0.474. The lowest BCUT2D eigenvalue weighted by Gasteiger charge is -2.27. The molecule has 0 heterocycles. The summed E-state index contributed by atoms with van der Waals surface area (Å²) in [5.74, 6) is 0.458. The standard InChI is InChI=1S/C17H21BrINO3/c1-3-10-4-6-11(7-5-10)16(21)20-15-8-12(17(22)23-2)13(18)9-14(15)19/h8-11H,3-7H2,1-2H3,(H,20,21). The first-order valence-electron chi connectivity index (χ1n) is 7.84. The molecule has 1 fully saturated rings. The molecule has 126 valence electrons. The number of esters is 1. The number of ether oxygens (including phenoxy) is 1. The monoisotopic (exact) mass is 493 g/mol. The van der Waals surface area contributed by atoms with Crippen LogP contribution in [0.4, 0.5) is 5.69 Å². The van der Waals surface area contributed by atoms with Crippen molar-refractivity contribution in [3.8, 4) is 0 Å². The molecule has 1 aromatic rings. The number of halogens is 2. The van der Waals surface area contributed by atoms with Crippen molar-refractivity contribution in [2.75, 3.05) is 12.4 Å². The Kier molecular flexibility index (Phi) is 6.88. The summed E-state index contributed by atoms with van der Waals surface area (Å²) in [5.41, 5.74) is 1.08. The second-order valence-electron chi connectivity index (χ2n) is 5.92. The summed E-state index contributed by atoms with van der Waals surface area (Å²) in [6, 6.07) is 3.49. The van der Waals surface area contributed by atoms with E-state index < -0.39 is 5.97 Å². The summed E-state index contributed by atoms with van der Waals surface area (Å²) >= 11 is 5.52. The van der Waals surface area contributed by atoms with Gasteiger partial charge in [-0.1, -0.05) is 13.3 Å². The van der Waals surface area contributed by atoms with Crippen molar-refractivity contribution in [1.29, 1.82) is 0 Å². The Bertz CT molecular complexity index is 598. The summed E-state index contributed by atoms with van der Waals surface area (Å²) < 4.78 is 6.32. The molecule has 0 bridgehead atoms. The zero-order valence-electron chi connectivity index (χ0n) is 13.3. The summed E-state index contributed by atoms with van der Waals surface area (Å²) in [5, 5.41) is 2.98. The predicted octanol–water partition coefficient (Wildman–Crippen LogP) is 5.00. The van der Waals surface area contributed by atoms with Crippen molar-refractivity contribution >= 4 is 56.1 Å². The lowest BCUT2D eigenvalue weighted by atomic mass is 9.80. The summed E-state index contributed by atoms with van der Waals surface area (Å²) in [4.78, 5) is 24.3. The van der Waals surface area contributed by atoms with Gasteiger partial charge in [0, 0.05) is 14.0 Å². The molecule has 1 aliphatic carbocycles.